The third kappa shape index (κ3) is 3.89. The van der Waals surface area contributed by atoms with Crippen LogP contribution in [0.15, 0.2) is 22.8 Å². The van der Waals surface area contributed by atoms with Crippen LogP contribution in [0, 0.1) is 0 Å². The molecule has 0 N–H and O–H groups in total. The summed E-state index contributed by atoms with van der Waals surface area (Å²) in [5.74, 6) is 0.509. The van der Waals surface area contributed by atoms with Gasteiger partial charge in [-0.2, -0.15) is 0 Å². The first-order valence-corrected chi connectivity index (χ1v) is 11.5. The zero-order valence-electron chi connectivity index (χ0n) is 13.3. The summed E-state index contributed by atoms with van der Waals surface area (Å²) in [5, 5.41) is 3.72. The quantitative estimate of drug-likeness (QED) is 0.560. The first kappa shape index (κ1) is 17.6. The molecule has 24 heavy (non-hydrogen) atoms. The molecule has 1 fully saturated rings. The standard InChI is InChI=1S/C15H19N3O3S3/c1-2-5-18(11-4-7-24(20,21)9-11)13(19)8-23-15-12-3-6-22-14(12)16-10-17-15/h3,6,10-11H,2,4-5,7-9H2,1H3/t11-/m1/s1. The molecule has 3 heterocycles. The summed E-state index contributed by atoms with van der Waals surface area (Å²) >= 11 is 2.93. The minimum Gasteiger partial charge on any atom is -0.338 e. The summed E-state index contributed by atoms with van der Waals surface area (Å²) < 4.78 is 23.4. The van der Waals surface area contributed by atoms with E-state index in [2.05, 4.69) is 9.97 Å². The normalized spacial score (nSPS) is 19.6. The average molecular weight is 386 g/mol. The molecule has 9 heteroatoms. The molecule has 0 aromatic carbocycles. The number of sulfone groups is 1. The van der Waals surface area contributed by atoms with E-state index < -0.39 is 9.84 Å². The molecular formula is C15H19N3O3S3. The van der Waals surface area contributed by atoms with Gasteiger partial charge in [0.2, 0.25) is 5.91 Å². The molecule has 0 bridgehead atoms. The van der Waals surface area contributed by atoms with Crippen molar-refractivity contribution in [1.29, 1.82) is 0 Å². The highest BCUT2D eigenvalue weighted by Gasteiger charge is 2.34. The van der Waals surface area contributed by atoms with E-state index in [0.29, 0.717) is 13.0 Å². The van der Waals surface area contributed by atoms with Crippen molar-refractivity contribution in [1.82, 2.24) is 14.9 Å². The van der Waals surface area contributed by atoms with Gasteiger partial charge in [0.1, 0.15) is 16.2 Å². The molecule has 3 rings (SSSR count). The van der Waals surface area contributed by atoms with E-state index in [1.807, 2.05) is 18.4 Å². The Kier molecular flexibility index (Phi) is 5.41. The summed E-state index contributed by atoms with van der Waals surface area (Å²) in [6, 6.07) is 1.77. The van der Waals surface area contributed by atoms with Gasteiger partial charge in [-0.3, -0.25) is 4.79 Å². The molecule has 1 saturated heterocycles. The van der Waals surface area contributed by atoms with Gasteiger partial charge in [0.05, 0.1) is 17.3 Å². The Bertz CT molecular complexity index is 835. The molecular weight excluding hydrogens is 366 g/mol. The van der Waals surface area contributed by atoms with Crippen molar-refractivity contribution in [2.24, 2.45) is 0 Å². The van der Waals surface area contributed by atoms with E-state index >= 15 is 0 Å². The van der Waals surface area contributed by atoms with E-state index in [-0.39, 0.29) is 29.2 Å². The third-order valence-corrected chi connectivity index (χ3v) is 7.55. The molecule has 6 nitrogen and oxygen atoms in total. The Hall–Kier alpha value is -1.19. The molecule has 2 aromatic heterocycles. The van der Waals surface area contributed by atoms with Crippen LogP contribution in [0.2, 0.25) is 0 Å². The fourth-order valence-corrected chi connectivity index (χ4v) is 6.26. The topological polar surface area (TPSA) is 80.2 Å². The number of thiophene rings is 1. The number of carbonyl (C=O) groups excluding carboxylic acids is 1. The van der Waals surface area contributed by atoms with Gasteiger partial charge in [0, 0.05) is 18.0 Å². The number of rotatable bonds is 6. The lowest BCUT2D eigenvalue weighted by molar-refractivity contribution is -0.130. The van der Waals surface area contributed by atoms with Crippen molar-refractivity contribution in [3.05, 3.63) is 17.8 Å². The Morgan fingerprint density at radius 1 is 1.46 bits per heavy atom. The van der Waals surface area contributed by atoms with Crippen LogP contribution in [0.1, 0.15) is 19.8 Å². The molecule has 130 valence electrons. The zero-order chi connectivity index (χ0) is 17.2. The van der Waals surface area contributed by atoms with Crippen LogP contribution in [0.3, 0.4) is 0 Å². The van der Waals surface area contributed by atoms with Crippen molar-refractivity contribution < 1.29 is 13.2 Å². The van der Waals surface area contributed by atoms with Crippen LogP contribution in [0.4, 0.5) is 0 Å². The van der Waals surface area contributed by atoms with Gasteiger partial charge in [-0.15, -0.1) is 11.3 Å². The molecule has 0 unspecified atom stereocenters. The number of hydrogen-bond donors (Lipinski definition) is 0. The van der Waals surface area contributed by atoms with Crippen molar-refractivity contribution in [2.45, 2.75) is 30.8 Å². The van der Waals surface area contributed by atoms with Crippen LogP contribution >= 0.6 is 23.1 Å². The van der Waals surface area contributed by atoms with E-state index in [0.717, 1.165) is 21.7 Å². The summed E-state index contributed by atoms with van der Waals surface area (Å²) in [6.07, 6.45) is 2.87. The molecule has 0 aliphatic carbocycles. The van der Waals surface area contributed by atoms with Crippen LogP contribution in [-0.4, -0.2) is 59.0 Å². The SMILES string of the molecule is CCCN(C(=O)CSc1ncnc2sccc12)[C@@H]1CCS(=O)(=O)C1. The Morgan fingerprint density at radius 2 is 2.29 bits per heavy atom. The van der Waals surface area contributed by atoms with E-state index in [4.69, 9.17) is 0 Å². The molecule has 1 atom stereocenters. The highest BCUT2D eigenvalue weighted by atomic mass is 32.2. The van der Waals surface area contributed by atoms with Crippen LogP contribution in [0.5, 0.6) is 0 Å². The Morgan fingerprint density at radius 3 is 3.00 bits per heavy atom. The smallest absolute Gasteiger partial charge is 0.233 e. The average Bonchev–Trinajstić information content (AvgIpc) is 3.16. The van der Waals surface area contributed by atoms with Gasteiger partial charge in [-0.1, -0.05) is 18.7 Å². The van der Waals surface area contributed by atoms with E-state index in [1.165, 1.54) is 18.1 Å². The van der Waals surface area contributed by atoms with Crippen molar-refractivity contribution >= 4 is 49.1 Å². The van der Waals surface area contributed by atoms with Gasteiger partial charge in [0.25, 0.3) is 0 Å². The number of carbonyl (C=O) groups is 1. The third-order valence-electron chi connectivity index (χ3n) is 3.99. The number of aromatic nitrogens is 2. The van der Waals surface area contributed by atoms with Crippen LogP contribution in [-0.2, 0) is 14.6 Å². The second-order valence-electron chi connectivity index (χ2n) is 5.75. The van der Waals surface area contributed by atoms with Crippen molar-refractivity contribution in [3.63, 3.8) is 0 Å². The predicted molar refractivity (Wildman–Crippen MR) is 97.2 cm³/mol. The maximum atomic E-state index is 12.6. The second kappa shape index (κ2) is 7.37. The monoisotopic (exact) mass is 385 g/mol. The van der Waals surface area contributed by atoms with E-state index in [9.17, 15) is 13.2 Å². The van der Waals surface area contributed by atoms with Crippen LogP contribution < -0.4 is 0 Å². The minimum atomic E-state index is -3.00. The second-order valence-corrected chi connectivity index (χ2v) is 9.84. The molecule has 0 spiro atoms. The molecule has 1 amide bonds. The lowest BCUT2D eigenvalue weighted by atomic mass is 10.2. The molecule has 1 aliphatic rings. The number of nitrogens with zero attached hydrogens (tertiary/aromatic N) is 3. The lowest BCUT2D eigenvalue weighted by Crippen LogP contribution is -2.42. The van der Waals surface area contributed by atoms with Gasteiger partial charge in [0.15, 0.2) is 9.84 Å². The number of thioether (sulfide) groups is 1. The molecule has 0 saturated carbocycles. The number of amides is 1. The molecule has 2 aromatic rings. The fraction of sp³-hybridized carbons (Fsp3) is 0.533. The first-order valence-electron chi connectivity index (χ1n) is 7.81. The largest absolute Gasteiger partial charge is 0.338 e. The highest BCUT2D eigenvalue weighted by molar-refractivity contribution is 8.00. The van der Waals surface area contributed by atoms with Gasteiger partial charge in [-0.05, 0) is 24.3 Å². The zero-order valence-corrected chi connectivity index (χ0v) is 15.8. The van der Waals surface area contributed by atoms with Gasteiger partial charge >= 0.3 is 0 Å². The van der Waals surface area contributed by atoms with Gasteiger partial charge in [-0.25, -0.2) is 18.4 Å². The fourth-order valence-electron chi connectivity index (χ4n) is 2.87. The summed E-state index contributed by atoms with van der Waals surface area (Å²) in [4.78, 5) is 23.8. The summed E-state index contributed by atoms with van der Waals surface area (Å²) in [5.41, 5.74) is 0. The first-order chi connectivity index (χ1) is 11.5. The predicted octanol–water partition coefficient (Wildman–Crippen LogP) is 2.21. The van der Waals surface area contributed by atoms with Crippen molar-refractivity contribution in [3.8, 4) is 0 Å². The van der Waals surface area contributed by atoms with E-state index in [1.54, 1.807) is 16.2 Å². The minimum absolute atomic E-state index is 0.0223. The lowest BCUT2D eigenvalue weighted by Gasteiger charge is -2.27. The van der Waals surface area contributed by atoms with Crippen molar-refractivity contribution in [2.75, 3.05) is 23.8 Å². The number of fused-ring (bicyclic) bond motifs is 1. The number of hydrogen-bond acceptors (Lipinski definition) is 7. The Labute approximate surface area is 149 Å². The van der Waals surface area contributed by atoms with Gasteiger partial charge < -0.3 is 4.90 Å². The molecule has 0 radical (unpaired) electrons. The highest BCUT2D eigenvalue weighted by Crippen LogP contribution is 2.28. The summed E-state index contributed by atoms with van der Waals surface area (Å²) in [7, 11) is -3.00. The Balaban J connectivity index is 1.69. The van der Waals surface area contributed by atoms with Crippen LogP contribution in [0.25, 0.3) is 10.2 Å². The maximum Gasteiger partial charge on any atom is 0.233 e. The molecule has 1 aliphatic heterocycles. The maximum absolute atomic E-state index is 12.6. The summed E-state index contributed by atoms with van der Waals surface area (Å²) in [6.45, 7) is 2.59.